The van der Waals surface area contributed by atoms with Gasteiger partial charge in [0, 0.05) is 32.7 Å². The number of piperidine rings is 1. The minimum Gasteiger partial charge on any atom is -0.366 e. The number of para-hydroxylation sites is 1. The van der Waals surface area contributed by atoms with Crippen LogP contribution in [0.25, 0.3) is 0 Å². The summed E-state index contributed by atoms with van der Waals surface area (Å²) in [6.07, 6.45) is 2.73. The average molecular weight is 376 g/mol. The number of rotatable bonds is 3. The second-order valence-corrected chi connectivity index (χ2v) is 7.91. The second-order valence-electron chi connectivity index (χ2n) is 7.91. The molecule has 3 N–H and O–H groups in total. The van der Waals surface area contributed by atoms with Crippen LogP contribution in [0.3, 0.4) is 0 Å². The van der Waals surface area contributed by atoms with Crippen molar-refractivity contribution < 1.29 is 19.2 Å². The Morgan fingerprint density at radius 3 is 2.52 bits per heavy atom. The molecule has 0 radical (unpaired) electrons. The Morgan fingerprint density at radius 2 is 1.89 bits per heavy atom. The molecule has 2 unspecified atom stereocenters. The van der Waals surface area contributed by atoms with Crippen molar-refractivity contribution in [2.24, 2.45) is 11.3 Å². The second kappa shape index (κ2) is 7.09. The molecule has 3 fully saturated rings. The molecule has 1 aliphatic carbocycles. The van der Waals surface area contributed by atoms with Crippen molar-refractivity contribution in [3.63, 3.8) is 0 Å². The third-order valence-corrected chi connectivity index (χ3v) is 6.21. The molecule has 8 heteroatoms. The smallest absolute Gasteiger partial charge is 0.248 e. The van der Waals surface area contributed by atoms with Gasteiger partial charge in [-0.2, -0.15) is 0 Å². The third kappa shape index (κ3) is 3.51. The van der Waals surface area contributed by atoms with E-state index in [0.717, 1.165) is 19.4 Å². The Balaban J connectivity index is 1.41. The van der Waals surface area contributed by atoms with E-state index in [-0.39, 0.29) is 17.1 Å². The first-order valence-electron chi connectivity index (χ1n) is 9.49. The van der Waals surface area contributed by atoms with Gasteiger partial charge in [-0.1, -0.05) is 12.1 Å². The van der Waals surface area contributed by atoms with Gasteiger partial charge in [-0.15, -0.1) is 0 Å². The molecule has 2 amide bonds. The molecule has 1 spiro atoms. The van der Waals surface area contributed by atoms with Crippen LogP contribution in [0.1, 0.15) is 19.3 Å². The lowest BCUT2D eigenvalue weighted by Gasteiger charge is -2.41. The van der Waals surface area contributed by atoms with Gasteiger partial charge < -0.3 is 15.1 Å². The highest BCUT2D eigenvalue weighted by Gasteiger charge is 2.52. The number of halogens is 1. The Morgan fingerprint density at radius 1 is 1.19 bits per heavy atom. The van der Waals surface area contributed by atoms with Gasteiger partial charge in [0.05, 0.1) is 17.6 Å². The van der Waals surface area contributed by atoms with E-state index in [1.165, 1.54) is 6.07 Å². The molecular formula is C19H25FN4O3. The molecule has 27 heavy (non-hydrogen) atoms. The fourth-order valence-electron chi connectivity index (χ4n) is 4.34. The van der Waals surface area contributed by atoms with Crippen LogP contribution >= 0.6 is 0 Å². The van der Waals surface area contributed by atoms with Gasteiger partial charge in [-0.25, -0.2) is 9.87 Å². The SMILES string of the molecule is O=C(NO)C1CC2(CC2)CNC1C(=O)N1CCN(c2ccccc2F)CC1. The molecule has 2 heterocycles. The topological polar surface area (TPSA) is 84.9 Å². The zero-order valence-corrected chi connectivity index (χ0v) is 15.2. The first kappa shape index (κ1) is 18.2. The summed E-state index contributed by atoms with van der Waals surface area (Å²) >= 11 is 0. The minimum atomic E-state index is -0.622. The lowest BCUT2D eigenvalue weighted by Crippen LogP contribution is -2.61. The number of nitrogens with one attached hydrogen (secondary N) is 2. The molecule has 2 saturated heterocycles. The van der Waals surface area contributed by atoms with Crippen LogP contribution in [-0.2, 0) is 9.59 Å². The van der Waals surface area contributed by atoms with Crippen LogP contribution < -0.4 is 15.7 Å². The van der Waals surface area contributed by atoms with Gasteiger partial charge >= 0.3 is 0 Å². The Bertz CT molecular complexity index is 731. The first-order chi connectivity index (χ1) is 13.0. The maximum atomic E-state index is 14.0. The molecule has 2 atom stereocenters. The molecule has 1 aromatic rings. The van der Waals surface area contributed by atoms with Crippen LogP contribution in [0.15, 0.2) is 24.3 Å². The number of amides is 2. The van der Waals surface area contributed by atoms with Crippen LogP contribution in [-0.4, -0.2) is 60.7 Å². The highest BCUT2D eigenvalue weighted by Crippen LogP contribution is 2.52. The van der Waals surface area contributed by atoms with Crippen molar-refractivity contribution in [1.82, 2.24) is 15.7 Å². The monoisotopic (exact) mass is 376 g/mol. The number of hydroxylamine groups is 1. The summed E-state index contributed by atoms with van der Waals surface area (Å²) in [5.74, 6) is -1.45. The first-order valence-corrected chi connectivity index (χ1v) is 9.49. The quantitative estimate of drug-likeness (QED) is 0.535. The van der Waals surface area contributed by atoms with Crippen LogP contribution in [0, 0.1) is 17.2 Å². The molecule has 1 saturated carbocycles. The molecule has 1 aromatic carbocycles. The lowest BCUT2D eigenvalue weighted by atomic mass is 9.81. The van der Waals surface area contributed by atoms with Crippen molar-refractivity contribution in [2.45, 2.75) is 25.3 Å². The van der Waals surface area contributed by atoms with E-state index in [9.17, 15) is 14.0 Å². The zero-order valence-electron chi connectivity index (χ0n) is 15.2. The van der Waals surface area contributed by atoms with Crippen molar-refractivity contribution >= 4 is 17.5 Å². The predicted molar refractivity (Wildman–Crippen MR) is 96.7 cm³/mol. The number of piperazine rings is 1. The van der Waals surface area contributed by atoms with Crippen LogP contribution in [0.2, 0.25) is 0 Å². The zero-order chi connectivity index (χ0) is 19.0. The standard InChI is InChI=1S/C19H25FN4O3/c20-14-3-1-2-4-15(14)23-7-9-24(10-8-23)18(26)16-13(17(25)22-27)11-19(5-6-19)12-21-16/h1-4,13,16,21,27H,5-12H2,(H,22,25). The van der Waals surface area contributed by atoms with Gasteiger partial charge in [-0.05, 0) is 36.8 Å². The van der Waals surface area contributed by atoms with Crippen LogP contribution in [0.4, 0.5) is 10.1 Å². The number of hydrogen-bond acceptors (Lipinski definition) is 5. The highest BCUT2D eigenvalue weighted by molar-refractivity contribution is 5.90. The third-order valence-electron chi connectivity index (χ3n) is 6.21. The van der Waals surface area contributed by atoms with Gasteiger partial charge in [-0.3, -0.25) is 14.8 Å². The van der Waals surface area contributed by atoms with Gasteiger partial charge in [0.1, 0.15) is 5.82 Å². The largest absolute Gasteiger partial charge is 0.366 e. The van der Waals surface area contributed by atoms with E-state index in [1.807, 2.05) is 4.90 Å². The van der Waals surface area contributed by atoms with E-state index in [1.54, 1.807) is 28.6 Å². The fraction of sp³-hybridized carbons (Fsp3) is 0.579. The number of nitrogens with zero attached hydrogens (tertiary/aromatic N) is 2. The number of benzene rings is 1. The summed E-state index contributed by atoms with van der Waals surface area (Å²) in [5, 5.41) is 12.3. The van der Waals surface area contributed by atoms with Crippen molar-refractivity contribution in [3.05, 3.63) is 30.1 Å². The molecule has 3 aliphatic rings. The Kier molecular flexibility index (Phi) is 4.77. The van der Waals surface area contributed by atoms with Gasteiger partial charge in [0.2, 0.25) is 11.8 Å². The predicted octanol–water partition coefficient (Wildman–Crippen LogP) is 0.738. The average Bonchev–Trinajstić information content (AvgIpc) is 3.46. The number of anilines is 1. The molecule has 0 bridgehead atoms. The number of hydrogen-bond donors (Lipinski definition) is 3. The van der Waals surface area contributed by atoms with Gasteiger partial charge in [0.25, 0.3) is 0 Å². The number of carbonyl (C=O) groups excluding carboxylic acids is 2. The van der Waals surface area contributed by atoms with Crippen molar-refractivity contribution in [1.29, 1.82) is 0 Å². The molecule has 0 aromatic heterocycles. The Hall–Kier alpha value is -2.19. The molecule has 146 valence electrons. The summed E-state index contributed by atoms with van der Waals surface area (Å²) < 4.78 is 14.0. The number of carbonyl (C=O) groups is 2. The Labute approximate surface area is 157 Å². The van der Waals surface area contributed by atoms with E-state index in [0.29, 0.717) is 38.3 Å². The summed E-state index contributed by atoms with van der Waals surface area (Å²) in [5.41, 5.74) is 2.38. The summed E-state index contributed by atoms with van der Waals surface area (Å²) in [6.45, 7) is 2.77. The van der Waals surface area contributed by atoms with E-state index >= 15 is 0 Å². The molecule has 7 nitrogen and oxygen atoms in total. The molecule has 2 aliphatic heterocycles. The summed E-state index contributed by atoms with van der Waals surface area (Å²) in [7, 11) is 0. The van der Waals surface area contributed by atoms with E-state index < -0.39 is 17.9 Å². The maximum absolute atomic E-state index is 14.0. The normalized spacial score (nSPS) is 26.7. The van der Waals surface area contributed by atoms with Crippen molar-refractivity contribution in [2.75, 3.05) is 37.6 Å². The van der Waals surface area contributed by atoms with E-state index in [2.05, 4.69) is 5.32 Å². The maximum Gasteiger partial charge on any atom is 0.248 e. The minimum absolute atomic E-state index is 0.109. The summed E-state index contributed by atoms with van der Waals surface area (Å²) in [4.78, 5) is 28.8. The molecular weight excluding hydrogens is 351 g/mol. The molecule has 4 rings (SSSR count). The van der Waals surface area contributed by atoms with Crippen LogP contribution in [0.5, 0.6) is 0 Å². The highest BCUT2D eigenvalue weighted by atomic mass is 19.1. The fourth-order valence-corrected chi connectivity index (χ4v) is 4.34. The van der Waals surface area contributed by atoms with Gasteiger partial charge in [0.15, 0.2) is 0 Å². The van der Waals surface area contributed by atoms with Crippen molar-refractivity contribution in [3.8, 4) is 0 Å². The lowest BCUT2D eigenvalue weighted by molar-refractivity contribution is -0.145. The van der Waals surface area contributed by atoms with E-state index in [4.69, 9.17) is 5.21 Å². The summed E-state index contributed by atoms with van der Waals surface area (Å²) in [6, 6.07) is 6.01.